The number of aromatic amines is 1. The minimum atomic E-state index is -0.898. The van der Waals surface area contributed by atoms with E-state index < -0.39 is 17.9 Å². The lowest BCUT2D eigenvalue weighted by molar-refractivity contribution is -0.141. The molecule has 0 saturated heterocycles. The minimum absolute atomic E-state index is 0.109. The van der Waals surface area contributed by atoms with Gasteiger partial charge in [0.15, 0.2) is 0 Å². The molecule has 0 aliphatic rings. The van der Waals surface area contributed by atoms with Gasteiger partial charge in [-0.3, -0.25) is 9.89 Å². The number of carboxylic acids is 1. The van der Waals surface area contributed by atoms with Crippen LogP contribution in [0.1, 0.15) is 38.6 Å². The first-order valence-electron chi connectivity index (χ1n) is 6.17. The quantitative estimate of drug-likeness (QED) is 0.579. The zero-order valence-electron chi connectivity index (χ0n) is 11.0. The number of nitrogens with zero attached hydrogens (tertiary/aromatic N) is 2. The Hall–Kier alpha value is -2.12. The molecule has 0 bridgehead atoms. The van der Waals surface area contributed by atoms with Crippen LogP contribution in [0, 0.1) is 5.92 Å². The minimum Gasteiger partial charge on any atom is -0.481 e. The Morgan fingerprint density at radius 3 is 2.79 bits per heavy atom. The molecular weight excluding hydrogens is 250 g/mol. The van der Waals surface area contributed by atoms with E-state index in [1.165, 1.54) is 6.33 Å². The zero-order valence-corrected chi connectivity index (χ0v) is 11.0. The number of nitrogens with one attached hydrogen (secondary N) is 3. The number of rotatable bonds is 7. The molecule has 0 aliphatic carbocycles. The number of amides is 2. The maximum absolute atomic E-state index is 11.6. The van der Waals surface area contributed by atoms with Crippen LogP contribution >= 0.6 is 0 Å². The van der Waals surface area contributed by atoms with Crippen molar-refractivity contribution in [2.45, 2.75) is 32.7 Å². The summed E-state index contributed by atoms with van der Waals surface area (Å²) in [7, 11) is 0. The van der Waals surface area contributed by atoms with Gasteiger partial charge < -0.3 is 15.7 Å². The second kappa shape index (κ2) is 7.34. The smallest absolute Gasteiger partial charge is 0.315 e. The number of carbonyl (C=O) groups excluding carboxylic acids is 1. The predicted octanol–water partition coefficient (Wildman–Crippen LogP) is 0.666. The molecule has 1 rings (SSSR count). The van der Waals surface area contributed by atoms with Gasteiger partial charge in [-0.05, 0) is 13.3 Å². The van der Waals surface area contributed by atoms with E-state index in [1.54, 1.807) is 6.92 Å². The normalized spacial score (nSPS) is 13.6. The molecule has 0 aliphatic heterocycles. The molecule has 0 saturated carbocycles. The Labute approximate surface area is 111 Å². The Kier molecular flexibility index (Phi) is 5.77. The first-order valence-corrected chi connectivity index (χ1v) is 6.17. The number of H-pyrrole nitrogens is 1. The van der Waals surface area contributed by atoms with Gasteiger partial charge in [-0.15, -0.1) is 0 Å². The number of hydrogen-bond donors (Lipinski definition) is 4. The summed E-state index contributed by atoms with van der Waals surface area (Å²) in [6.45, 7) is 3.76. The highest BCUT2D eigenvalue weighted by Crippen LogP contribution is 2.06. The molecule has 1 heterocycles. The van der Waals surface area contributed by atoms with E-state index >= 15 is 0 Å². The highest BCUT2D eigenvalue weighted by Gasteiger charge is 2.18. The second-order valence-electron chi connectivity index (χ2n) is 4.27. The number of urea groups is 1. The van der Waals surface area contributed by atoms with E-state index in [1.807, 2.05) is 6.92 Å². The molecular formula is C11H19N5O3. The van der Waals surface area contributed by atoms with Crippen molar-refractivity contribution in [2.24, 2.45) is 5.92 Å². The van der Waals surface area contributed by atoms with Crippen molar-refractivity contribution in [2.75, 3.05) is 6.54 Å². The van der Waals surface area contributed by atoms with Crippen LogP contribution < -0.4 is 10.6 Å². The van der Waals surface area contributed by atoms with Gasteiger partial charge in [0.25, 0.3) is 0 Å². The first-order chi connectivity index (χ1) is 9.04. The average Bonchev–Trinajstić information content (AvgIpc) is 2.87. The van der Waals surface area contributed by atoms with E-state index in [0.717, 1.165) is 6.42 Å². The van der Waals surface area contributed by atoms with Crippen LogP contribution in [0.5, 0.6) is 0 Å². The molecule has 0 spiro atoms. The SMILES string of the molecule is CCCC(CNC(=O)NC(C)c1ncn[nH]1)C(=O)O. The number of carbonyl (C=O) groups is 2. The summed E-state index contributed by atoms with van der Waals surface area (Å²) >= 11 is 0. The van der Waals surface area contributed by atoms with E-state index in [0.29, 0.717) is 12.2 Å². The molecule has 19 heavy (non-hydrogen) atoms. The van der Waals surface area contributed by atoms with Gasteiger partial charge in [0, 0.05) is 6.54 Å². The summed E-state index contributed by atoms with van der Waals surface area (Å²) in [5.41, 5.74) is 0. The van der Waals surface area contributed by atoms with Gasteiger partial charge in [0.1, 0.15) is 12.2 Å². The van der Waals surface area contributed by atoms with Crippen molar-refractivity contribution in [3.05, 3.63) is 12.2 Å². The number of aliphatic carboxylic acids is 1. The molecule has 8 heteroatoms. The standard InChI is InChI=1S/C11H19N5O3/c1-3-4-8(10(17)18)5-12-11(19)15-7(2)9-13-6-14-16-9/h6-8H,3-5H2,1-2H3,(H,17,18)(H2,12,15,19)(H,13,14,16). The Bertz CT molecular complexity index is 406. The van der Waals surface area contributed by atoms with Crippen LogP contribution in [0.15, 0.2) is 6.33 Å². The summed E-state index contributed by atoms with van der Waals surface area (Å²) in [6, 6.07) is -0.747. The lowest BCUT2D eigenvalue weighted by atomic mass is 10.0. The zero-order chi connectivity index (χ0) is 14.3. The summed E-state index contributed by atoms with van der Waals surface area (Å²) in [6.07, 6.45) is 2.65. The van der Waals surface area contributed by atoms with Crippen molar-refractivity contribution in [3.8, 4) is 0 Å². The van der Waals surface area contributed by atoms with E-state index in [-0.39, 0.29) is 12.6 Å². The van der Waals surface area contributed by atoms with Crippen LogP contribution in [0.3, 0.4) is 0 Å². The number of carboxylic acid groups (broad SMARTS) is 1. The fraction of sp³-hybridized carbons (Fsp3) is 0.636. The Morgan fingerprint density at radius 1 is 1.53 bits per heavy atom. The molecule has 106 valence electrons. The molecule has 2 unspecified atom stereocenters. The average molecular weight is 269 g/mol. The van der Waals surface area contributed by atoms with Gasteiger partial charge in [0.05, 0.1) is 12.0 Å². The van der Waals surface area contributed by atoms with Crippen LogP contribution in [0.4, 0.5) is 4.79 Å². The lowest BCUT2D eigenvalue weighted by Gasteiger charge is -2.15. The van der Waals surface area contributed by atoms with Crippen molar-refractivity contribution < 1.29 is 14.7 Å². The third-order valence-electron chi connectivity index (χ3n) is 2.69. The fourth-order valence-corrected chi connectivity index (χ4v) is 1.62. The number of hydrogen-bond acceptors (Lipinski definition) is 4. The Balaban J connectivity index is 2.36. The summed E-state index contributed by atoms with van der Waals surface area (Å²) in [5.74, 6) is -0.916. The summed E-state index contributed by atoms with van der Waals surface area (Å²) < 4.78 is 0. The maximum Gasteiger partial charge on any atom is 0.315 e. The molecule has 1 aromatic rings. The van der Waals surface area contributed by atoms with E-state index in [9.17, 15) is 9.59 Å². The van der Waals surface area contributed by atoms with Crippen LogP contribution in [-0.2, 0) is 4.79 Å². The van der Waals surface area contributed by atoms with Crippen molar-refractivity contribution >= 4 is 12.0 Å². The molecule has 8 nitrogen and oxygen atoms in total. The topological polar surface area (TPSA) is 120 Å². The maximum atomic E-state index is 11.6. The molecule has 0 fully saturated rings. The number of aromatic nitrogens is 3. The van der Waals surface area contributed by atoms with Gasteiger partial charge in [-0.25, -0.2) is 9.78 Å². The van der Waals surface area contributed by atoms with Gasteiger partial charge in [-0.2, -0.15) is 5.10 Å². The van der Waals surface area contributed by atoms with Crippen molar-refractivity contribution in [1.82, 2.24) is 25.8 Å². The molecule has 2 amide bonds. The monoisotopic (exact) mass is 269 g/mol. The molecule has 0 aromatic carbocycles. The van der Waals surface area contributed by atoms with E-state index in [4.69, 9.17) is 5.11 Å². The fourth-order valence-electron chi connectivity index (χ4n) is 1.62. The molecule has 1 aromatic heterocycles. The summed E-state index contributed by atoms with van der Waals surface area (Å²) in [4.78, 5) is 26.4. The lowest BCUT2D eigenvalue weighted by Crippen LogP contribution is -2.41. The van der Waals surface area contributed by atoms with Gasteiger partial charge >= 0.3 is 12.0 Å². The third-order valence-corrected chi connectivity index (χ3v) is 2.69. The molecule has 0 radical (unpaired) electrons. The summed E-state index contributed by atoms with van der Waals surface area (Å²) in [5, 5.41) is 20.5. The highest BCUT2D eigenvalue weighted by molar-refractivity contribution is 5.76. The largest absolute Gasteiger partial charge is 0.481 e. The van der Waals surface area contributed by atoms with Crippen LogP contribution in [0.2, 0.25) is 0 Å². The van der Waals surface area contributed by atoms with E-state index in [2.05, 4.69) is 25.8 Å². The van der Waals surface area contributed by atoms with Gasteiger partial charge in [-0.1, -0.05) is 13.3 Å². The van der Waals surface area contributed by atoms with Crippen LogP contribution in [0.25, 0.3) is 0 Å². The second-order valence-corrected chi connectivity index (χ2v) is 4.27. The van der Waals surface area contributed by atoms with Crippen molar-refractivity contribution in [3.63, 3.8) is 0 Å². The molecule has 2 atom stereocenters. The Morgan fingerprint density at radius 2 is 2.26 bits per heavy atom. The molecule has 4 N–H and O–H groups in total. The third kappa shape index (κ3) is 4.94. The first kappa shape index (κ1) is 14.9. The predicted molar refractivity (Wildman–Crippen MR) is 67.4 cm³/mol. The van der Waals surface area contributed by atoms with Gasteiger partial charge in [0.2, 0.25) is 0 Å². The van der Waals surface area contributed by atoms with Crippen molar-refractivity contribution in [1.29, 1.82) is 0 Å². The highest BCUT2D eigenvalue weighted by atomic mass is 16.4. The van der Waals surface area contributed by atoms with Crippen LogP contribution in [-0.4, -0.2) is 38.8 Å².